The third-order valence-electron chi connectivity index (χ3n) is 5.55. The van der Waals surface area contributed by atoms with E-state index in [9.17, 15) is 27.9 Å². The summed E-state index contributed by atoms with van der Waals surface area (Å²) in [6, 6.07) is 20.3. The van der Waals surface area contributed by atoms with Crippen molar-refractivity contribution >= 4 is 23.1 Å². The molecule has 7 nitrogen and oxygen atoms in total. The minimum Gasteiger partial charge on any atom is -0.478 e. The van der Waals surface area contributed by atoms with Crippen LogP contribution < -0.4 is 5.56 Å². The molecule has 0 aliphatic rings. The largest absolute Gasteiger partial charge is 0.478 e. The Morgan fingerprint density at radius 3 is 2.51 bits per heavy atom. The Bertz CT molecular complexity index is 1740. The van der Waals surface area contributed by atoms with Crippen molar-refractivity contribution < 1.29 is 27.5 Å². The summed E-state index contributed by atoms with van der Waals surface area (Å²) in [5.74, 6) is -0.762. The minimum absolute atomic E-state index is 0.0436. The molecule has 2 aromatic heterocycles. The average Bonchev–Trinajstić information content (AvgIpc) is 3.36. The summed E-state index contributed by atoms with van der Waals surface area (Å²) in [4.78, 5) is 29.2. The van der Waals surface area contributed by atoms with Gasteiger partial charge in [0.05, 0.1) is 28.2 Å². The van der Waals surface area contributed by atoms with Gasteiger partial charge in [0.25, 0.3) is 5.56 Å². The van der Waals surface area contributed by atoms with E-state index in [1.807, 2.05) is 0 Å². The van der Waals surface area contributed by atoms with Gasteiger partial charge in [-0.3, -0.25) is 4.79 Å². The normalized spacial score (nSPS) is 11.9. The van der Waals surface area contributed by atoms with Crippen molar-refractivity contribution in [1.82, 2.24) is 9.66 Å². The standard InChI is InChI=1S/C27H16F3N3O4/c28-27(29,30)17-7-5-6-16(14-17)24-32-22-11-4-3-10-21(22)25(34)33(24)31-15-18-12-13-23(37-18)19-8-1-2-9-20(19)26(35)36/h1-15H,(H,35,36). The highest BCUT2D eigenvalue weighted by molar-refractivity contribution is 5.95. The van der Waals surface area contributed by atoms with E-state index in [0.717, 1.165) is 16.8 Å². The van der Waals surface area contributed by atoms with E-state index in [1.165, 1.54) is 30.5 Å². The summed E-state index contributed by atoms with van der Waals surface area (Å²) in [5, 5.41) is 13.8. The van der Waals surface area contributed by atoms with Gasteiger partial charge in [-0.2, -0.15) is 22.9 Å². The molecule has 184 valence electrons. The molecule has 0 amide bonds. The molecule has 5 aromatic rings. The van der Waals surface area contributed by atoms with E-state index in [1.54, 1.807) is 48.5 Å². The SMILES string of the molecule is O=C(O)c1ccccc1-c1ccc(C=Nn2c(-c3cccc(C(F)(F)F)c3)nc3ccccc3c2=O)o1. The summed E-state index contributed by atoms with van der Waals surface area (Å²) in [6.45, 7) is 0. The molecule has 0 atom stereocenters. The third-order valence-corrected chi connectivity index (χ3v) is 5.55. The monoisotopic (exact) mass is 503 g/mol. The molecule has 0 radical (unpaired) electrons. The maximum atomic E-state index is 13.3. The van der Waals surface area contributed by atoms with Gasteiger partial charge in [0.1, 0.15) is 11.5 Å². The molecule has 0 fully saturated rings. The Morgan fingerprint density at radius 2 is 1.73 bits per heavy atom. The van der Waals surface area contributed by atoms with Crippen LogP contribution in [0.5, 0.6) is 0 Å². The molecule has 0 saturated heterocycles. The molecule has 2 heterocycles. The van der Waals surface area contributed by atoms with Crippen LogP contribution in [0.3, 0.4) is 0 Å². The number of carbonyl (C=O) groups is 1. The van der Waals surface area contributed by atoms with Crippen molar-refractivity contribution in [2.24, 2.45) is 5.10 Å². The van der Waals surface area contributed by atoms with Crippen LogP contribution in [0.15, 0.2) is 99.2 Å². The number of hydrogen-bond donors (Lipinski definition) is 1. The van der Waals surface area contributed by atoms with Crippen LogP contribution in [0.1, 0.15) is 21.7 Å². The lowest BCUT2D eigenvalue weighted by atomic mass is 10.1. The predicted octanol–water partition coefficient (Wildman–Crippen LogP) is 5.92. The number of hydrogen-bond acceptors (Lipinski definition) is 5. The molecule has 0 aliphatic carbocycles. The zero-order valence-electron chi connectivity index (χ0n) is 18.8. The number of halogens is 3. The highest BCUT2D eigenvalue weighted by Gasteiger charge is 2.31. The molecule has 0 spiro atoms. The molecule has 37 heavy (non-hydrogen) atoms. The zero-order chi connectivity index (χ0) is 26.2. The number of carboxylic acid groups (broad SMARTS) is 1. The van der Waals surface area contributed by atoms with E-state index >= 15 is 0 Å². The number of aromatic nitrogens is 2. The third kappa shape index (κ3) is 4.64. The summed E-state index contributed by atoms with van der Waals surface area (Å²) in [6.07, 6.45) is -3.38. The predicted molar refractivity (Wildman–Crippen MR) is 131 cm³/mol. The van der Waals surface area contributed by atoms with Gasteiger partial charge in [0.2, 0.25) is 0 Å². The Kier molecular flexibility index (Phi) is 5.92. The van der Waals surface area contributed by atoms with Gasteiger partial charge in [-0.1, -0.05) is 42.5 Å². The van der Waals surface area contributed by atoms with Gasteiger partial charge in [0, 0.05) is 11.1 Å². The number of para-hydroxylation sites is 1. The summed E-state index contributed by atoms with van der Waals surface area (Å²) >= 11 is 0. The van der Waals surface area contributed by atoms with Crippen LogP contribution in [0.4, 0.5) is 13.2 Å². The van der Waals surface area contributed by atoms with Crippen LogP contribution in [0.2, 0.25) is 0 Å². The fourth-order valence-corrected chi connectivity index (χ4v) is 3.82. The molecule has 1 N–H and O–H groups in total. The smallest absolute Gasteiger partial charge is 0.416 e. The van der Waals surface area contributed by atoms with Gasteiger partial charge < -0.3 is 9.52 Å². The molecule has 0 aliphatic heterocycles. The molecule has 0 bridgehead atoms. The van der Waals surface area contributed by atoms with E-state index in [-0.39, 0.29) is 33.9 Å². The Hall–Kier alpha value is -4.99. The first-order valence-electron chi connectivity index (χ1n) is 10.9. The van der Waals surface area contributed by atoms with Crippen molar-refractivity contribution in [2.75, 3.05) is 0 Å². The van der Waals surface area contributed by atoms with E-state index in [4.69, 9.17) is 4.42 Å². The lowest BCUT2D eigenvalue weighted by molar-refractivity contribution is -0.137. The van der Waals surface area contributed by atoms with E-state index in [0.29, 0.717) is 11.1 Å². The molecule has 3 aromatic carbocycles. The summed E-state index contributed by atoms with van der Waals surface area (Å²) in [7, 11) is 0. The maximum Gasteiger partial charge on any atom is 0.416 e. The molecule has 10 heteroatoms. The average molecular weight is 503 g/mol. The number of alkyl halides is 3. The summed E-state index contributed by atoms with van der Waals surface area (Å²) < 4.78 is 46.6. The van der Waals surface area contributed by atoms with Gasteiger partial charge in [-0.25, -0.2) is 9.78 Å². The number of rotatable bonds is 5. The quantitative estimate of drug-likeness (QED) is 0.300. The van der Waals surface area contributed by atoms with Crippen molar-refractivity contribution in [3.05, 3.63) is 112 Å². The van der Waals surface area contributed by atoms with Crippen molar-refractivity contribution in [1.29, 1.82) is 0 Å². The Morgan fingerprint density at radius 1 is 0.973 bits per heavy atom. The van der Waals surface area contributed by atoms with Gasteiger partial charge in [0.15, 0.2) is 5.82 Å². The molecule has 0 saturated carbocycles. The first-order valence-corrected chi connectivity index (χ1v) is 10.9. The second kappa shape index (κ2) is 9.23. The summed E-state index contributed by atoms with van der Waals surface area (Å²) in [5.41, 5.74) is -0.735. The zero-order valence-corrected chi connectivity index (χ0v) is 18.8. The van der Waals surface area contributed by atoms with Crippen LogP contribution in [0, 0.1) is 0 Å². The first kappa shape index (κ1) is 23.7. The fraction of sp³-hybridized carbons (Fsp3) is 0.0370. The molecule has 5 rings (SSSR count). The van der Waals surface area contributed by atoms with E-state index < -0.39 is 23.3 Å². The fourth-order valence-electron chi connectivity index (χ4n) is 3.82. The highest BCUT2D eigenvalue weighted by atomic mass is 19.4. The van der Waals surface area contributed by atoms with Crippen LogP contribution in [-0.2, 0) is 6.18 Å². The Balaban J connectivity index is 1.62. The Labute approximate surface area is 206 Å². The van der Waals surface area contributed by atoms with Crippen molar-refractivity contribution in [3.8, 4) is 22.7 Å². The minimum atomic E-state index is -4.59. The molecule has 0 unspecified atom stereocenters. The lowest BCUT2D eigenvalue weighted by Gasteiger charge is -2.11. The number of fused-ring (bicyclic) bond motifs is 1. The second-order valence-electron chi connectivity index (χ2n) is 7.95. The van der Waals surface area contributed by atoms with Crippen molar-refractivity contribution in [2.45, 2.75) is 6.18 Å². The number of nitrogens with zero attached hydrogens (tertiary/aromatic N) is 3. The second-order valence-corrected chi connectivity index (χ2v) is 7.95. The number of aromatic carboxylic acids is 1. The van der Waals surface area contributed by atoms with Crippen LogP contribution >= 0.6 is 0 Å². The topological polar surface area (TPSA) is 97.7 Å². The first-order chi connectivity index (χ1) is 17.7. The van der Waals surface area contributed by atoms with Crippen LogP contribution in [0.25, 0.3) is 33.6 Å². The van der Waals surface area contributed by atoms with Gasteiger partial charge in [-0.15, -0.1) is 0 Å². The number of carboxylic acids is 1. The van der Waals surface area contributed by atoms with Crippen molar-refractivity contribution in [3.63, 3.8) is 0 Å². The molecular weight excluding hydrogens is 487 g/mol. The highest BCUT2D eigenvalue weighted by Crippen LogP contribution is 2.32. The van der Waals surface area contributed by atoms with E-state index in [2.05, 4.69) is 10.1 Å². The lowest BCUT2D eigenvalue weighted by Crippen LogP contribution is -2.20. The molecular formula is C27H16F3N3O4. The van der Waals surface area contributed by atoms with Crippen LogP contribution in [-0.4, -0.2) is 27.0 Å². The maximum absolute atomic E-state index is 13.3. The number of benzene rings is 3. The van der Waals surface area contributed by atoms with Gasteiger partial charge >= 0.3 is 12.1 Å². The number of furan rings is 1. The van der Waals surface area contributed by atoms with Gasteiger partial charge in [-0.05, 0) is 42.5 Å².